The minimum Gasteiger partial charge on any atom is -0.373 e. The minimum atomic E-state index is -4.38. The molecule has 0 saturated heterocycles. The number of rotatable bonds is 6. The fourth-order valence-electron chi connectivity index (χ4n) is 2.79. The number of amides is 1. The largest absolute Gasteiger partial charge is 0.406 e. The van der Waals surface area contributed by atoms with Gasteiger partial charge in [0.2, 0.25) is 5.91 Å². The first-order valence-corrected chi connectivity index (χ1v) is 7.94. The van der Waals surface area contributed by atoms with Gasteiger partial charge in [0.1, 0.15) is 6.54 Å². The number of ether oxygens (including phenoxy) is 1. The molecule has 2 rings (SSSR count). The average Bonchev–Trinajstić information content (AvgIpc) is 2.50. The van der Waals surface area contributed by atoms with Gasteiger partial charge in [0.05, 0.1) is 19.1 Å². The fraction of sp³-hybridized carbons (Fsp3) is 0.588. The Bertz CT molecular complexity index is 531. The summed E-state index contributed by atoms with van der Waals surface area (Å²) in [4.78, 5) is 13.3. The predicted molar refractivity (Wildman–Crippen MR) is 81.0 cm³/mol. The quantitative estimate of drug-likeness (QED) is 0.793. The van der Waals surface area contributed by atoms with E-state index < -0.39 is 24.7 Å². The Labute approximate surface area is 134 Å². The molecule has 1 aromatic rings. The van der Waals surface area contributed by atoms with Gasteiger partial charge < -0.3 is 9.64 Å². The second kappa shape index (κ2) is 7.81. The first-order valence-electron chi connectivity index (χ1n) is 7.94. The lowest BCUT2D eigenvalue weighted by atomic mass is 9.95. The Morgan fingerprint density at radius 1 is 1.35 bits per heavy atom. The van der Waals surface area contributed by atoms with Crippen LogP contribution in [0.3, 0.4) is 0 Å². The van der Waals surface area contributed by atoms with Crippen molar-refractivity contribution in [3.63, 3.8) is 0 Å². The molecule has 23 heavy (non-hydrogen) atoms. The molecule has 6 heteroatoms. The number of carbonyl (C=O) groups is 1. The highest BCUT2D eigenvalue weighted by atomic mass is 19.4. The lowest BCUT2D eigenvalue weighted by molar-refractivity contribution is -0.163. The van der Waals surface area contributed by atoms with Crippen LogP contribution in [0.25, 0.3) is 0 Å². The number of fused-ring (bicyclic) bond motifs is 1. The van der Waals surface area contributed by atoms with E-state index in [0.29, 0.717) is 13.0 Å². The summed E-state index contributed by atoms with van der Waals surface area (Å²) in [6.07, 6.45) is -2.81. The van der Waals surface area contributed by atoms with Gasteiger partial charge in [0, 0.05) is 6.54 Å². The predicted octanol–water partition coefficient (Wildman–Crippen LogP) is 3.88. The zero-order valence-corrected chi connectivity index (χ0v) is 13.2. The molecular formula is C17H22F3NO2. The summed E-state index contributed by atoms with van der Waals surface area (Å²) in [5.74, 6) is -0.502. The van der Waals surface area contributed by atoms with Gasteiger partial charge in [-0.3, -0.25) is 4.79 Å². The Hall–Kier alpha value is -1.56. The summed E-state index contributed by atoms with van der Waals surface area (Å²) in [6, 6.07) is 7.63. The second-order valence-corrected chi connectivity index (χ2v) is 5.80. The molecule has 0 radical (unpaired) electrons. The normalized spacial score (nSPS) is 17.7. The summed E-state index contributed by atoms with van der Waals surface area (Å²) >= 11 is 0. The van der Waals surface area contributed by atoms with Gasteiger partial charge in [-0.2, -0.15) is 13.2 Å². The minimum absolute atomic E-state index is 0.0448. The zero-order chi connectivity index (χ0) is 16.9. The Morgan fingerprint density at radius 3 is 2.78 bits per heavy atom. The summed E-state index contributed by atoms with van der Waals surface area (Å²) in [7, 11) is 0. The van der Waals surface area contributed by atoms with Crippen LogP contribution in [0, 0.1) is 0 Å². The van der Waals surface area contributed by atoms with Crippen LogP contribution in [0.1, 0.15) is 43.4 Å². The van der Waals surface area contributed by atoms with Crippen LogP contribution in [0.15, 0.2) is 24.3 Å². The van der Waals surface area contributed by atoms with E-state index >= 15 is 0 Å². The van der Waals surface area contributed by atoms with Gasteiger partial charge in [-0.25, -0.2) is 0 Å². The number of unbranched alkanes of at least 4 members (excludes halogenated alkanes) is 1. The third kappa shape index (κ3) is 5.23. The average molecular weight is 329 g/mol. The van der Waals surface area contributed by atoms with Gasteiger partial charge in [-0.1, -0.05) is 37.6 Å². The lowest BCUT2D eigenvalue weighted by Gasteiger charge is -2.29. The molecule has 0 spiro atoms. The molecule has 1 heterocycles. The number of hydrogen-bond acceptors (Lipinski definition) is 2. The molecule has 1 atom stereocenters. The SMILES string of the molecule is CCCCN(CC(F)(F)F)C(=O)CC1OCCc2ccccc21. The van der Waals surface area contributed by atoms with Gasteiger partial charge in [0.25, 0.3) is 0 Å². The van der Waals surface area contributed by atoms with Crippen molar-refractivity contribution in [3.05, 3.63) is 35.4 Å². The number of halogens is 3. The van der Waals surface area contributed by atoms with Gasteiger partial charge in [-0.15, -0.1) is 0 Å². The Balaban J connectivity index is 2.06. The summed E-state index contributed by atoms with van der Waals surface area (Å²) < 4.78 is 43.7. The van der Waals surface area contributed by atoms with E-state index in [4.69, 9.17) is 4.74 Å². The molecule has 128 valence electrons. The van der Waals surface area contributed by atoms with Crippen molar-refractivity contribution in [1.29, 1.82) is 0 Å². The lowest BCUT2D eigenvalue weighted by Crippen LogP contribution is -2.40. The topological polar surface area (TPSA) is 29.5 Å². The van der Waals surface area contributed by atoms with Crippen molar-refractivity contribution >= 4 is 5.91 Å². The van der Waals surface area contributed by atoms with Crippen molar-refractivity contribution < 1.29 is 22.7 Å². The molecule has 1 aliphatic rings. The molecule has 0 aliphatic carbocycles. The highest BCUT2D eigenvalue weighted by molar-refractivity contribution is 5.77. The smallest absolute Gasteiger partial charge is 0.373 e. The number of alkyl halides is 3. The fourth-order valence-corrected chi connectivity index (χ4v) is 2.79. The molecule has 0 fully saturated rings. The number of benzene rings is 1. The molecule has 0 bridgehead atoms. The standard InChI is InChI=1S/C17H22F3NO2/c1-2-3-9-21(12-17(18,19)20)16(22)11-15-14-7-5-4-6-13(14)8-10-23-15/h4-7,15H,2-3,8-12H2,1H3. The third-order valence-electron chi connectivity index (χ3n) is 3.96. The molecule has 1 aliphatic heterocycles. The van der Waals surface area contributed by atoms with Crippen molar-refractivity contribution in [2.75, 3.05) is 19.7 Å². The van der Waals surface area contributed by atoms with E-state index in [1.165, 1.54) is 0 Å². The van der Waals surface area contributed by atoms with Crippen LogP contribution in [-0.2, 0) is 16.0 Å². The maximum atomic E-state index is 12.7. The van der Waals surface area contributed by atoms with Crippen molar-refractivity contribution in [2.24, 2.45) is 0 Å². The van der Waals surface area contributed by atoms with Crippen LogP contribution >= 0.6 is 0 Å². The van der Waals surface area contributed by atoms with Crippen molar-refractivity contribution in [2.45, 2.75) is 44.9 Å². The maximum Gasteiger partial charge on any atom is 0.406 e. The van der Waals surface area contributed by atoms with Gasteiger partial charge in [-0.05, 0) is 24.0 Å². The van der Waals surface area contributed by atoms with E-state index in [1.807, 2.05) is 31.2 Å². The van der Waals surface area contributed by atoms with Crippen LogP contribution in [0.4, 0.5) is 13.2 Å². The molecule has 0 aromatic heterocycles. The molecule has 0 saturated carbocycles. The van der Waals surface area contributed by atoms with Crippen molar-refractivity contribution in [1.82, 2.24) is 4.90 Å². The monoisotopic (exact) mass is 329 g/mol. The molecule has 1 amide bonds. The van der Waals surface area contributed by atoms with E-state index in [-0.39, 0.29) is 13.0 Å². The van der Waals surface area contributed by atoms with E-state index in [9.17, 15) is 18.0 Å². The van der Waals surface area contributed by atoms with Gasteiger partial charge in [0.15, 0.2) is 0 Å². The number of nitrogens with zero attached hydrogens (tertiary/aromatic N) is 1. The summed E-state index contributed by atoms with van der Waals surface area (Å²) in [5, 5.41) is 0. The maximum absolute atomic E-state index is 12.7. The van der Waals surface area contributed by atoms with Crippen LogP contribution in [-0.4, -0.2) is 36.7 Å². The number of carbonyl (C=O) groups excluding carboxylic acids is 1. The zero-order valence-electron chi connectivity index (χ0n) is 13.2. The van der Waals surface area contributed by atoms with Crippen LogP contribution in [0.2, 0.25) is 0 Å². The molecule has 3 nitrogen and oxygen atoms in total. The van der Waals surface area contributed by atoms with Crippen LogP contribution < -0.4 is 0 Å². The molecular weight excluding hydrogens is 307 g/mol. The Morgan fingerprint density at radius 2 is 2.09 bits per heavy atom. The highest BCUT2D eigenvalue weighted by Gasteiger charge is 2.34. The highest BCUT2D eigenvalue weighted by Crippen LogP contribution is 2.30. The van der Waals surface area contributed by atoms with E-state index in [0.717, 1.165) is 28.9 Å². The van der Waals surface area contributed by atoms with E-state index in [2.05, 4.69) is 0 Å². The Kier molecular flexibility index (Phi) is 6.04. The molecule has 0 N–H and O–H groups in total. The van der Waals surface area contributed by atoms with Crippen molar-refractivity contribution in [3.8, 4) is 0 Å². The summed E-state index contributed by atoms with van der Waals surface area (Å²) in [6.45, 7) is 1.31. The second-order valence-electron chi connectivity index (χ2n) is 5.80. The first-order chi connectivity index (χ1) is 10.9. The van der Waals surface area contributed by atoms with Crippen LogP contribution in [0.5, 0.6) is 0 Å². The molecule has 1 unspecified atom stereocenters. The van der Waals surface area contributed by atoms with Gasteiger partial charge >= 0.3 is 6.18 Å². The third-order valence-corrected chi connectivity index (χ3v) is 3.96. The molecule has 1 aromatic carbocycles. The van der Waals surface area contributed by atoms with E-state index in [1.54, 1.807) is 0 Å². The number of hydrogen-bond donors (Lipinski definition) is 0. The first kappa shape index (κ1) is 17.8. The summed E-state index contributed by atoms with van der Waals surface area (Å²) in [5.41, 5.74) is 2.02.